The van der Waals surface area contributed by atoms with Crippen molar-refractivity contribution in [2.45, 2.75) is 43.9 Å². The zero-order valence-corrected chi connectivity index (χ0v) is 18.3. The van der Waals surface area contributed by atoms with Crippen molar-refractivity contribution in [1.29, 1.82) is 0 Å². The highest BCUT2D eigenvalue weighted by molar-refractivity contribution is 5.89. The molecule has 0 amide bonds. The predicted octanol–water partition coefficient (Wildman–Crippen LogP) is -0.999. The third-order valence-corrected chi connectivity index (χ3v) is 5.77. The molecule has 0 radical (unpaired) electrons. The van der Waals surface area contributed by atoms with Gasteiger partial charge in [0.1, 0.15) is 18.3 Å². The van der Waals surface area contributed by atoms with Crippen molar-refractivity contribution in [3.8, 4) is 5.95 Å². The lowest BCUT2D eigenvalue weighted by Crippen LogP contribution is -2.33. The van der Waals surface area contributed by atoms with Crippen molar-refractivity contribution < 1.29 is 34.3 Å². The van der Waals surface area contributed by atoms with Gasteiger partial charge in [0.15, 0.2) is 23.2 Å². The minimum Gasteiger partial charge on any atom is -0.462 e. The summed E-state index contributed by atoms with van der Waals surface area (Å²) < 4.78 is 18.9. The summed E-state index contributed by atoms with van der Waals surface area (Å²) in [7, 11) is 0. The fourth-order valence-electron chi connectivity index (χ4n) is 4.00. The number of carbonyl (C=O) groups excluding carboxylic acids is 1. The molecule has 0 bridgehead atoms. The molecule has 4 N–H and O–H groups in total. The minimum atomic E-state index is -1.31. The number of carbonyl (C=O) groups is 1. The Hall–Kier alpha value is -3.17. The molecule has 14 nitrogen and oxygen atoms in total. The Morgan fingerprint density at radius 3 is 2.88 bits per heavy atom. The lowest BCUT2D eigenvalue weighted by atomic mass is 10.1. The Morgan fingerprint density at radius 1 is 1.32 bits per heavy atom. The molecule has 0 spiro atoms. The number of aliphatic hydroxyl groups excluding tert-OH is 3. The van der Waals surface area contributed by atoms with Crippen molar-refractivity contribution in [2.24, 2.45) is 0 Å². The van der Waals surface area contributed by atoms with Gasteiger partial charge in [0.2, 0.25) is 0 Å². The van der Waals surface area contributed by atoms with E-state index in [1.807, 2.05) is 0 Å². The molecule has 5 heterocycles. The van der Waals surface area contributed by atoms with Gasteiger partial charge in [-0.1, -0.05) is 0 Å². The topological polar surface area (TPSA) is 179 Å². The molecule has 5 atom stereocenters. The van der Waals surface area contributed by atoms with Crippen molar-refractivity contribution in [3.05, 3.63) is 24.3 Å². The van der Waals surface area contributed by atoms with E-state index < -0.39 is 37.1 Å². The maximum atomic E-state index is 12.1. The summed E-state index contributed by atoms with van der Waals surface area (Å²) in [6, 6.07) is 0.0118. The van der Waals surface area contributed by atoms with E-state index >= 15 is 0 Å². The summed E-state index contributed by atoms with van der Waals surface area (Å²) in [5.74, 6) is 0.0277. The number of hydrogen-bond donors (Lipinski definition) is 4. The highest BCUT2D eigenvalue weighted by Gasteiger charge is 2.44. The van der Waals surface area contributed by atoms with Gasteiger partial charge in [-0.15, -0.1) is 0 Å². The van der Waals surface area contributed by atoms with Gasteiger partial charge in [-0.05, 0) is 13.3 Å². The van der Waals surface area contributed by atoms with Gasteiger partial charge in [0, 0.05) is 12.8 Å². The number of nitrogens with zero attached hydrogens (tertiary/aromatic N) is 6. The third kappa shape index (κ3) is 3.99. The van der Waals surface area contributed by atoms with Crippen molar-refractivity contribution >= 4 is 23.0 Å². The van der Waals surface area contributed by atoms with Crippen LogP contribution in [0.5, 0.6) is 0 Å². The monoisotopic (exact) mass is 475 g/mol. The van der Waals surface area contributed by atoms with Crippen LogP contribution in [0.4, 0.5) is 5.82 Å². The Bertz CT molecular complexity index is 1180. The lowest BCUT2D eigenvalue weighted by Gasteiger charge is -2.17. The Kier molecular flexibility index (Phi) is 6.14. The van der Waals surface area contributed by atoms with Crippen LogP contribution in [0.2, 0.25) is 0 Å². The normalized spacial score (nSPS) is 26.9. The van der Waals surface area contributed by atoms with Crippen LogP contribution in [-0.4, -0.2) is 101 Å². The van der Waals surface area contributed by atoms with Gasteiger partial charge in [-0.2, -0.15) is 15.1 Å². The van der Waals surface area contributed by atoms with E-state index in [4.69, 9.17) is 14.2 Å². The molecule has 5 rings (SSSR count). The van der Waals surface area contributed by atoms with Crippen LogP contribution in [0.3, 0.4) is 0 Å². The van der Waals surface area contributed by atoms with Crippen molar-refractivity contribution in [1.82, 2.24) is 29.3 Å². The van der Waals surface area contributed by atoms with Gasteiger partial charge in [0.05, 0.1) is 44.0 Å². The highest BCUT2D eigenvalue weighted by Crippen LogP contribution is 2.33. The number of aliphatic hydroxyl groups is 3. The number of anilines is 1. The molecular weight excluding hydrogens is 450 g/mol. The maximum absolute atomic E-state index is 12.1. The molecule has 0 aliphatic carbocycles. The van der Waals surface area contributed by atoms with Gasteiger partial charge in [-0.25, -0.2) is 14.5 Å². The first-order valence-corrected chi connectivity index (χ1v) is 10.9. The van der Waals surface area contributed by atoms with Crippen molar-refractivity contribution in [2.75, 3.05) is 31.7 Å². The number of ether oxygens (including phenoxy) is 3. The first-order chi connectivity index (χ1) is 16.5. The second-order valence-corrected chi connectivity index (χ2v) is 8.02. The molecule has 0 aromatic carbocycles. The number of aromatic nitrogens is 6. The predicted molar refractivity (Wildman–Crippen MR) is 114 cm³/mol. The number of esters is 1. The second-order valence-electron chi connectivity index (χ2n) is 8.02. The highest BCUT2D eigenvalue weighted by atomic mass is 16.6. The summed E-state index contributed by atoms with van der Waals surface area (Å²) in [6.07, 6.45) is 0.438. The SMILES string of the molecule is CCOC(=O)c1cnn(-c2nc(NC3CCOC3)c3ncn([C@@H]4O[C@H](CO)[C@@H](O)[C@H]4O)c3n2)c1. The molecule has 2 aliphatic rings. The van der Waals surface area contributed by atoms with E-state index in [1.165, 1.54) is 28.0 Å². The summed E-state index contributed by atoms with van der Waals surface area (Å²) in [6.45, 7) is 2.61. The molecule has 2 aliphatic heterocycles. The number of imidazole rings is 1. The molecule has 2 saturated heterocycles. The number of fused-ring (bicyclic) bond motifs is 1. The Labute approximate surface area is 193 Å². The van der Waals surface area contributed by atoms with E-state index in [0.29, 0.717) is 30.2 Å². The van der Waals surface area contributed by atoms with Crippen LogP contribution in [-0.2, 0) is 14.2 Å². The van der Waals surface area contributed by atoms with E-state index in [-0.39, 0.29) is 24.2 Å². The molecule has 3 aromatic rings. The van der Waals surface area contributed by atoms with Crippen LogP contribution in [0.15, 0.2) is 18.7 Å². The van der Waals surface area contributed by atoms with Crippen LogP contribution in [0.25, 0.3) is 17.1 Å². The average molecular weight is 475 g/mol. The van der Waals surface area contributed by atoms with E-state index in [2.05, 4.69) is 25.4 Å². The van der Waals surface area contributed by atoms with Crippen LogP contribution in [0, 0.1) is 0 Å². The van der Waals surface area contributed by atoms with Crippen LogP contribution in [0.1, 0.15) is 29.9 Å². The summed E-state index contributed by atoms with van der Waals surface area (Å²) in [5.41, 5.74) is 0.946. The number of nitrogens with one attached hydrogen (secondary N) is 1. The summed E-state index contributed by atoms with van der Waals surface area (Å²) in [4.78, 5) is 25.6. The first-order valence-electron chi connectivity index (χ1n) is 10.9. The van der Waals surface area contributed by atoms with Crippen molar-refractivity contribution in [3.63, 3.8) is 0 Å². The first kappa shape index (κ1) is 22.6. The maximum Gasteiger partial charge on any atom is 0.341 e. The van der Waals surface area contributed by atoms with E-state index in [9.17, 15) is 20.1 Å². The third-order valence-electron chi connectivity index (χ3n) is 5.77. The fraction of sp³-hybridized carbons (Fsp3) is 0.550. The molecule has 34 heavy (non-hydrogen) atoms. The quantitative estimate of drug-likeness (QED) is 0.307. The molecule has 3 aromatic heterocycles. The van der Waals surface area contributed by atoms with Gasteiger partial charge >= 0.3 is 5.97 Å². The zero-order chi connectivity index (χ0) is 23.8. The average Bonchev–Trinajstić information content (AvgIpc) is 3.62. The smallest absolute Gasteiger partial charge is 0.341 e. The summed E-state index contributed by atoms with van der Waals surface area (Å²) in [5, 5.41) is 37.6. The fourth-order valence-corrected chi connectivity index (χ4v) is 4.00. The minimum absolute atomic E-state index is 0.0118. The summed E-state index contributed by atoms with van der Waals surface area (Å²) >= 11 is 0. The molecule has 14 heteroatoms. The van der Waals surface area contributed by atoms with Gasteiger partial charge < -0.3 is 34.8 Å². The molecule has 1 unspecified atom stereocenters. The molecule has 2 fully saturated rings. The second kappa shape index (κ2) is 9.23. The standard InChI is InChI=1S/C20H25N7O7/c1-2-33-19(31)10-5-22-27(6-10)20-24-16(23-11-3-4-32-8-11)13-17(25-20)26(9-21-13)18-15(30)14(29)12(7-28)34-18/h5-6,9,11-12,14-15,18,28-30H,2-4,7-8H2,1H3,(H,23,24,25)/t11?,12-,14-,15-,18-/m1/s1. The molecular formula is C20H25N7O7. The van der Waals surface area contributed by atoms with Gasteiger partial charge in [0.25, 0.3) is 5.95 Å². The number of rotatable bonds is 7. The van der Waals surface area contributed by atoms with Gasteiger partial charge in [-0.3, -0.25) is 4.57 Å². The van der Waals surface area contributed by atoms with E-state index in [1.54, 1.807) is 6.92 Å². The lowest BCUT2D eigenvalue weighted by molar-refractivity contribution is -0.0511. The Morgan fingerprint density at radius 2 is 2.18 bits per heavy atom. The van der Waals surface area contributed by atoms with E-state index in [0.717, 1.165) is 6.42 Å². The van der Waals surface area contributed by atoms with Crippen LogP contribution < -0.4 is 5.32 Å². The largest absolute Gasteiger partial charge is 0.462 e. The molecule has 0 saturated carbocycles. The number of hydrogen-bond acceptors (Lipinski definition) is 12. The zero-order valence-electron chi connectivity index (χ0n) is 18.3. The van der Waals surface area contributed by atoms with Crippen LogP contribution >= 0.6 is 0 Å². The molecule has 182 valence electrons. The Balaban J connectivity index is 1.57.